The zero-order chi connectivity index (χ0) is 15.5. The van der Waals surface area contributed by atoms with Crippen LogP contribution < -0.4 is 10.0 Å². The highest BCUT2D eigenvalue weighted by molar-refractivity contribution is 9.10. The van der Waals surface area contributed by atoms with E-state index in [9.17, 15) is 8.42 Å². The van der Waals surface area contributed by atoms with Crippen molar-refractivity contribution >= 4 is 43.0 Å². The van der Waals surface area contributed by atoms with Crippen molar-refractivity contribution < 1.29 is 8.42 Å². The van der Waals surface area contributed by atoms with Gasteiger partial charge in [0.1, 0.15) is 0 Å². The minimum absolute atomic E-state index is 0.304. The summed E-state index contributed by atoms with van der Waals surface area (Å²) in [5, 5.41) is 4.85. The fourth-order valence-electron chi connectivity index (χ4n) is 1.85. The second kappa shape index (κ2) is 6.91. The van der Waals surface area contributed by atoms with Gasteiger partial charge >= 0.3 is 0 Å². The second-order valence-corrected chi connectivity index (χ2v) is 8.25. The lowest BCUT2D eigenvalue weighted by atomic mass is 10.2. The zero-order valence-electron chi connectivity index (χ0n) is 11.8. The van der Waals surface area contributed by atoms with Gasteiger partial charge in [0, 0.05) is 21.3 Å². The number of nitrogens with one attached hydrogen (secondary N) is 2. The lowest BCUT2D eigenvalue weighted by molar-refractivity contribution is 0.601. The van der Waals surface area contributed by atoms with Crippen LogP contribution in [0.4, 0.5) is 5.69 Å². The Balaban J connectivity index is 2.19. The summed E-state index contributed by atoms with van der Waals surface area (Å²) in [6, 6.07) is 7.18. The highest BCUT2D eigenvalue weighted by Crippen LogP contribution is 2.24. The van der Waals surface area contributed by atoms with Crippen LogP contribution in [0.25, 0.3) is 0 Å². The van der Waals surface area contributed by atoms with Crippen molar-refractivity contribution in [2.24, 2.45) is 0 Å². The Labute approximate surface area is 137 Å². The van der Waals surface area contributed by atoms with E-state index in [2.05, 4.69) is 26.0 Å². The maximum atomic E-state index is 12.4. The third-order valence-electron chi connectivity index (χ3n) is 2.78. The molecule has 0 saturated carbocycles. The molecule has 0 amide bonds. The quantitative estimate of drug-likeness (QED) is 0.792. The first kappa shape index (κ1) is 16.5. The number of benzene rings is 1. The summed E-state index contributed by atoms with van der Waals surface area (Å²) in [6.45, 7) is 5.48. The van der Waals surface area contributed by atoms with Crippen LogP contribution in [0.15, 0.2) is 39.0 Å². The average Bonchev–Trinajstić information content (AvgIpc) is 2.84. The first-order chi connectivity index (χ1) is 9.90. The molecule has 1 aromatic carbocycles. The molecule has 2 N–H and O–H groups in total. The van der Waals surface area contributed by atoms with Crippen LogP contribution in [0.2, 0.25) is 0 Å². The first-order valence-corrected chi connectivity index (χ1v) is 9.64. The Morgan fingerprint density at radius 1 is 1.24 bits per heavy atom. The monoisotopic (exact) mass is 388 g/mol. The normalized spacial score (nSPS) is 11.6. The molecule has 0 spiro atoms. The molecule has 0 bridgehead atoms. The van der Waals surface area contributed by atoms with Gasteiger partial charge in [0.2, 0.25) is 0 Å². The van der Waals surface area contributed by atoms with E-state index in [1.165, 1.54) is 11.3 Å². The predicted octanol–water partition coefficient (Wildman–Crippen LogP) is 3.73. The average molecular weight is 389 g/mol. The molecule has 7 heteroatoms. The highest BCUT2D eigenvalue weighted by atomic mass is 79.9. The Kier molecular flexibility index (Phi) is 5.43. The van der Waals surface area contributed by atoms with Gasteiger partial charge in [0.15, 0.2) is 0 Å². The summed E-state index contributed by atoms with van der Waals surface area (Å²) in [5.41, 5.74) is 1.54. The number of thiophene rings is 1. The van der Waals surface area contributed by atoms with Crippen LogP contribution in [0.1, 0.15) is 17.4 Å². The number of anilines is 1. The molecule has 0 radical (unpaired) electrons. The summed E-state index contributed by atoms with van der Waals surface area (Å²) >= 11 is 4.81. The summed E-state index contributed by atoms with van der Waals surface area (Å²) in [4.78, 5) is 1.31. The van der Waals surface area contributed by atoms with Crippen molar-refractivity contribution in [1.82, 2.24) is 5.32 Å². The third kappa shape index (κ3) is 4.54. The van der Waals surface area contributed by atoms with Gasteiger partial charge in [-0.3, -0.25) is 4.72 Å². The Hall–Kier alpha value is -0.890. The molecular weight excluding hydrogens is 372 g/mol. The topological polar surface area (TPSA) is 58.2 Å². The fraction of sp³-hybridized carbons (Fsp3) is 0.286. The van der Waals surface area contributed by atoms with E-state index in [1.54, 1.807) is 23.6 Å². The van der Waals surface area contributed by atoms with Crippen LogP contribution in [0, 0.1) is 6.92 Å². The number of aryl methyl sites for hydroxylation is 1. The fourth-order valence-corrected chi connectivity index (χ4v) is 4.74. The van der Waals surface area contributed by atoms with Gasteiger partial charge in [-0.2, -0.15) is 0 Å². The number of rotatable bonds is 6. The minimum Gasteiger partial charge on any atom is -0.312 e. The van der Waals surface area contributed by atoms with Gasteiger partial charge in [0.05, 0.1) is 10.6 Å². The Bertz CT molecular complexity index is 706. The van der Waals surface area contributed by atoms with Crippen molar-refractivity contribution in [3.63, 3.8) is 0 Å². The molecule has 0 saturated heterocycles. The molecule has 2 aromatic rings. The van der Waals surface area contributed by atoms with E-state index in [1.807, 2.05) is 19.9 Å². The minimum atomic E-state index is -3.54. The summed E-state index contributed by atoms with van der Waals surface area (Å²) in [6.07, 6.45) is 0. The van der Waals surface area contributed by atoms with Gasteiger partial charge in [-0.05, 0) is 43.3 Å². The van der Waals surface area contributed by atoms with Gasteiger partial charge in [0.25, 0.3) is 10.0 Å². The molecule has 4 nitrogen and oxygen atoms in total. The Morgan fingerprint density at radius 2 is 2.00 bits per heavy atom. The maximum absolute atomic E-state index is 12.4. The number of hydrogen-bond donors (Lipinski definition) is 2. The molecular formula is C14H17BrN2O2S2. The largest absolute Gasteiger partial charge is 0.312 e. The van der Waals surface area contributed by atoms with Gasteiger partial charge in [-0.25, -0.2) is 8.42 Å². The molecule has 0 aliphatic carbocycles. The summed E-state index contributed by atoms with van der Waals surface area (Å²) in [7, 11) is -3.54. The molecule has 0 unspecified atom stereocenters. The van der Waals surface area contributed by atoms with Crippen molar-refractivity contribution in [3.05, 3.63) is 44.6 Å². The van der Waals surface area contributed by atoms with E-state index in [0.717, 1.165) is 21.5 Å². The van der Waals surface area contributed by atoms with E-state index in [4.69, 9.17) is 0 Å². The van der Waals surface area contributed by atoms with E-state index in [-0.39, 0.29) is 0 Å². The molecule has 1 heterocycles. The molecule has 21 heavy (non-hydrogen) atoms. The van der Waals surface area contributed by atoms with Crippen LogP contribution >= 0.6 is 27.3 Å². The van der Waals surface area contributed by atoms with E-state index >= 15 is 0 Å². The van der Waals surface area contributed by atoms with E-state index < -0.39 is 10.0 Å². The summed E-state index contributed by atoms with van der Waals surface area (Å²) < 4.78 is 28.2. The Morgan fingerprint density at radius 3 is 2.67 bits per heavy atom. The molecule has 2 rings (SSSR count). The van der Waals surface area contributed by atoms with Crippen molar-refractivity contribution in [1.29, 1.82) is 0 Å². The maximum Gasteiger partial charge on any atom is 0.262 e. The van der Waals surface area contributed by atoms with Gasteiger partial charge in [-0.15, -0.1) is 11.3 Å². The standard InChI is InChI=1S/C14H17BrN2O2S2/c1-3-16-8-13-7-14(9-20-13)21(18,19)17-12-5-10(2)4-11(15)6-12/h4-7,9,16-17H,3,8H2,1-2H3. The summed E-state index contributed by atoms with van der Waals surface area (Å²) in [5.74, 6) is 0. The van der Waals surface area contributed by atoms with E-state index in [0.29, 0.717) is 17.1 Å². The smallest absolute Gasteiger partial charge is 0.262 e. The van der Waals surface area contributed by atoms with Gasteiger partial charge in [-0.1, -0.05) is 22.9 Å². The predicted molar refractivity (Wildman–Crippen MR) is 91.4 cm³/mol. The molecule has 114 valence electrons. The molecule has 0 aliphatic heterocycles. The number of halogens is 1. The highest BCUT2D eigenvalue weighted by Gasteiger charge is 2.16. The van der Waals surface area contributed by atoms with Crippen molar-refractivity contribution in [3.8, 4) is 0 Å². The lowest BCUT2D eigenvalue weighted by Crippen LogP contribution is -2.13. The zero-order valence-corrected chi connectivity index (χ0v) is 15.0. The van der Waals surface area contributed by atoms with Crippen molar-refractivity contribution in [2.75, 3.05) is 11.3 Å². The number of hydrogen-bond acceptors (Lipinski definition) is 4. The first-order valence-electron chi connectivity index (χ1n) is 6.49. The van der Waals surface area contributed by atoms with Crippen molar-refractivity contribution in [2.45, 2.75) is 25.3 Å². The third-order valence-corrected chi connectivity index (χ3v) is 5.69. The van der Waals surface area contributed by atoms with Crippen LogP contribution in [0.3, 0.4) is 0 Å². The molecule has 0 aliphatic rings. The van der Waals surface area contributed by atoms with Gasteiger partial charge < -0.3 is 5.32 Å². The van der Waals surface area contributed by atoms with Crippen LogP contribution in [0.5, 0.6) is 0 Å². The molecule has 1 aromatic heterocycles. The molecule has 0 atom stereocenters. The second-order valence-electron chi connectivity index (χ2n) is 4.65. The molecule has 0 fully saturated rings. The van der Waals surface area contributed by atoms with Crippen LogP contribution in [-0.2, 0) is 16.6 Å². The SMILES string of the molecule is CCNCc1cc(S(=O)(=O)Nc2cc(C)cc(Br)c2)cs1. The van der Waals surface area contributed by atoms with Crippen LogP contribution in [-0.4, -0.2) is 15.0 Å². The number of sulfonamides is 1. The lowest BCUT2D eigenvalue weighted by Gasteiger charge is -2.08.